The molecule has 60 valence electrons. The van der Waals surface area contributed by atoms with Gasteiger partial charge in [-0.2, -0.15) is 8.42 Å². The molecule has 0 aliphatic heterocycles. The Morgan fingerprint density at radius 2 is 1.70 bits per heavy atom. The van der Waals surface area contributed by atoms with Crippen LogP contribution in [0.4, 0.5) is 0 Å². The Kier molecular flexibility index (Phi) is 7.54. The van der Waals surface area contributed by atoms with Gasteiger partial charge in [0.1, 0.15) is 0 Å². The Morgan fingerprint density at radius 1 is 1.40 bits per heavy atom. The highest BCUT2D eigenvalue weighted by Gasteiger charge is 2.01. The van der Waals surface area contributed by atoms with Gasteiger partial charge in [-0.15, -0.1) is 9.81 Å². The van der Waals surface area contributed by atoms with Crippen molar-refractivity contribution in [3.8, 4) is 0 Å². The third-order valence-corrected chi connectivity index (χ3v) is 0.374. The van der Waals surface area contributed by atoms with E-state index >= 15 is 0 Å². The predicted octanol–water partition coefficient (Wildman–Crippen LogP) is 0.394. The summed E-state index contributed by atoms with van der Waals surface area (Å²) in [5, 5.41) is 1.42. The van der Waals surface area contributed by atoms with Crippen molar-refractivity contribution in [2.24, 2.45) is 10.0 Å². The van der Waals surface area contributed by atoms with Crippen molar-refractivity contribution in [2.45, 2.75) is 0 Å². The van der Waals surface area contributed by atoms with E-state index in [1.54, 1.807) is 4.70 Å². The molecule has 0 aromatic heterocycles. The fourth-order valence-corrected chi connectivity index (χ4v) is 0.115. The number of rotatable bonds is 2. The molecule has 0 saturated carbocycles. The summed E-state index contributed by atoms with van der Waals surface area (Å²) in [6, 6.07) is 0. The fourth-order valence-electron chi connectivity index (χ4n) is 0.0385. The van der Waals surface area contributed by atoms with E-state index < -0.39 is 10.4 Å². The molecular formula is HClN2O6S. The third kappa shape index (κ3) is 27.0. The van der Waals surface area contributed by atoms with Gasteiger partial charge in [0.2, 0.25) is 0 Å². The lowest BCUT2D eigenvalue weighted by Gasteiger charge is -1.80. The summed E-state index contributed by atoms with van der Waals surface area (Å²) in [5.74, 6) is 0. The average Bonchev–Trinajstić information content (AvgIpc) is 1.63. The summed E-state index contributed by atoms with van der Waals surface area (Å²) in [4.78, 5) is 17.1. The van der Waals surface area contributed by atoms with Gasteiger partial charge < -0.3 is 0 Å². The predicted molar refractivity (Wildman–Crippen MR) is 30.1 cm³/mol. The Hall–Kier alpha value is -0.800. The summed E-state index contributed by atoms with van der Waals surface area (Å²) in [5.41, 5.74) is 0. The maximum absolute atomic E-state index is 9.27. The van der Waals surface area contributed by atoms with Gasteiger partial charge in [0.15, 0.2) is 5.34 Å². The van der Waals surface area contributed by atoms with Gasteiger partial charge in [-0.1, -0.05) is 0 Å². The molecule has 0 bridgehead atoms. The van der Waals surface area contributed by atoms with Crippen LogP contribution in [0.5, 0.6) is 0 Å². The monoisotopic (exact) mass is 192 g/mol. The van der Waals surface area contributed by atoms with Gasteiger partial charge in [-0.25, -0.2) is 4.28 Å². The minimum atomic E-state index is -4.65. The second kappa shape index (κ2) is 6.32. The second-order valence-electron chi connectivity index (χ2n) is 0.646. The van der Waals surface area contributed by atoms with Crippen LogP contribution in [0.1, 0.15) is 0 Å². The first-order chi connectivity index (χ1) is 4.47. The number of hydrogen-bond donors (Lipinski definition) is 1. The summed E-state index contributed by atoms with van der Waals surface area (Å²) in [6.45, 7) is 0. The fraction of sp³-hybridized carbons (Fsp3) is 0. The van der Waals surface area contributed by atoms with Gasteiger partial charge in [-0.05, 0) is 0 Å². The lowest BCUT2D eigenvalue weighted by Crippen LogP contribution is -1.95. The summed E-state index contributed by atoms with van der Waals surface area (Å²) < 4.78 is 30.6. The largest absolute Gasteiger partial charge is 0.468 e. The lowest BCUT2D eigenvalue weighted by atomic mass is 13.4. The van der Waals surface area contributed by atoms with E-state index in [2.05, 4.69) is 16.1 Å². The summed E-state index contributed by atoms with van der Waals surface area (Å²) in [6.07, 6.45) is 0. The molecule has 0 heterocycles. The van der Waals surface area contributed by atoms with Crippen LogP contribution < -0.4 is 0 Å². The van der Waals surface area contributed by atoms with Crippen molar-refractivity contribution in [1.82, 2.24) is 0 Å². The molecule has 0 unspecified atom stereocenters. The number of nitrogens with zero attached hydrogens (tertiary/aromatic N) is 2. The Labute approximate surface area is 60.1 Å². The zero-order valence-corrected chi connectivity index (χ0v) is 5.74. The molecule has 10 heavy (non-hydrogen) atoms. The molecule has 0 aromatic carbocycles. The van der Waals surface area contributed by atoms with Crippen LogP contribution in [0.25, 0.3) is 0 Å². The normalized spacial score (nSPS) is 8.60. The van der Waals surface area contributed by atoms with Crippen LogP contribution in [-0.4, -0.2) is 13.0 Å². The molecular weight excluding hydrogens is 192 g/mol. The van der Waals surface area contributed by atoms with Crippen molar-refractivity contribution < 1.29 is 17.3 Å². The maximum Gasteiger partial charge on any atom is 0.468 e. The maximum atomic E-state index is 9.27. The Morgan fingerprint density at radius 3 is 1.70 bits per heavy atom. The van der Waals surface area contributed by atoms with E-state index in [0.29, 0.717) is 0 Å². The van der Waals surface area contributed by atoms with E-state index in [9.17, 15) is 8.42 Å². The number of halogens is 1. The molecule has 8 nitrogen and oxygen atoms in total. The minimum absolute atomic E-state index is 1.42. The highest BCUT2D eigenvalue weighted by Crippen LogP contribution is 1.82. The molecule has 0 amide bonds. The SMILES string of the molecule is O=NCl.O=NOS(=O)(=O)O. The van der Waals surface area contributed by atoms with E-state index in [-0.39, 0.29) is 0 Å². The zero-order chi connectivity index (χ0) is 8.62. The smallest absolute Gasteiger partial charge is 0.253 e. The van der Waals surface area contributed by atoms with Gasteiger partial charge in [0.25, 0.3) is 0 Å². The molecule has 0 radical (unpaired) electrons. The van der Waals surface area contributed by atoms with E-state index in [1.165, 1.54) is 5.34 Å². The van der Waals surface area contributed by atoms with Gasteiger partial charge in [0, 0.05) is 4.70 Å². The summed E-state index contributed by atoms with van der Waals surface area (Å²) in [7, 11) is -4.65. The molecule has 1 N–H and O–H groups in total. The number of hydrogen-bond acceptors (Lipinski definition) is 7. The van der Waals surface area contributed by atoms with Crippen molar-refractivity contribution in [3.05, 3.63) is 9.81 Å². The first kappa shape index (κ1) is 11.9. The van der Waals surface area contributed by atoms with Gasteiger partial charge >= 0.3 is 10.4 Å². The molecule has 0 rings (SSSR count). The number of nitroso groups, excluding NO2 is 1. The van der Waals surface area contributed by atoms with Crippen molar-refractivity contribution >= 4 is 22.2 Å². The third-order valence-electron chi connectivity index (χ3n) is 0.125. The molecule has 0 aromatic rings. The van der Waals surface area contributed by atoms with Crippen LogP contribution in [0.15, 0.2) is 10.0 Å². The minimum Gasteiger partial charge on any atom is -0.253 e. The first-order valence-electron chi connectivity index (χ1n) is 1.40. The standard InChI is InChI=1S/ClNO.HNO5S/c1-2-3;2-1-6-7(3,4)5/h;(H,3,4,5). The van der Waals surface area contributed by atoms with Gasteiger partial charge in [-0.3, -0.25) is 4.55 Å². The van der Waals surface area contributed by atoms with Crippen molar-refractivity contribution in [1.29, 1.82) is 0 Å². The molecule has 10 heteroatoms. The molecule has 0 fully saturated rings. The zero-order valence-electron chi connectivity index (χ0n) is 4.17. The molecule has 0 atom stereocenters. The van der Waals surface area contributed by atoms with E-state index in [4.69, 9.17) is 14.4 Å². The summed E-state index contributed by atoms with van der Waals surface area (Å²) >= 11 is 4.07. The van der Waals surface area contributed by atoms with Crippen molar-refractivity contribution in [3.63, 3.8) is 0 Å². The molecule has 0 aliphatic carbocycles. The molecule has 0 aliphatic rings. The van der Waals surface area contributed by atoms with Crippen LogP contribution in [0.2, 0.25) is 0 Å². The van der Waals surface area contributed by atoms with Crippen LogP contribution in [0.3, 0.4) is 0 Å². The van der Waals surface area contributed by atoms with Crippen LogP contribution in [0, 0.1) is 9.81 Å². The topological polar surface area (TPSA) is 122 Å². The highest BCUT2D eigenvalue weighted by molar-refractivity contribution is 7.80. The average molecular weight is 193 g/mol. The van der Waals surface area contributed by atoms with Gasteiger partial charge in [0.05, 0.1) is 11.8 Å². The lowest BCUT2D eigenvalue weighted by molar-refractivity contribution is 0.278. The molecule has 0 spiro atoms. The Bertz CT molecular complexity index is 182. The van der Waals surface area contributed by atoms with E-state index in [1.807, 2.05) is 0 Å². The van der Waals surface area contributed by atoms with Crippen molar-refractivity contribution in [2.75, 3.05) is 0 Å². The quantitative estimate of drug-likeness (QED) is 0.384. The first-order valence-corrected chi connectivity index (χ1v) is 3.10. The second-order valence-corrected chi connectivity index (χ2v) is 1.79. The van der Waals surface area contributed by atoms with Crippen LogP contribution in [-0.2, 0) is 14.7 Å². The van der Waals surface area contributed by atoms with Crippen LogP contribution >= 0.6 is 11.8 Å². The van der Waals surface area contributed by atoms with E-state index in [0.717, 1.165) is 0 Å². The highest BCUT2D eigenvalue weighted by atomic mass is 35.5. The Balaban J connectivity index is 0. The molecule has 0 saturated heterocycles.